The Morgan fingerprint density at radius 1 is 1.42 bits per heavy atom. The number of aryl methyl sites for hydroxylation is 1. The van der Waals surface area contributed by atoms with Gasteiger partial charge in [-0.15, -0.1) is 0 Å². The highest BCUT2D eigenvalue weighted by molar-refractivity contribution is 7.80. The maximum absolute atomic E-state index is 13.1. The molecule has 0 amide bonds. The van der Waals surface area contributed by atoms with E-state index in [4.69, 9.17) is 18.0 Å². The number of likely N-dealkylation sites (tertiary alicyclic amines) is 1. The fraction of sp³-hybridized carbons (Fsp3) is 0.533. The minimum absolute atomic E-state index is 0.00364. The zero-order chi connectivity index (χ0) is 14.0. The molecule has 2 rings (SSSR count). The van der Waals surface area contributed by atoms with Crippen molar-refractivity contribution in [1.82, 2.24) is 4.90 Å². The highest BCUT2D eigenvalue weighted by atomic mass is 32.1. The predicted molar refractivity (Wildman–Crippen MR) is 80.5 cm³/mol. The van der Waals surface area contributed by atoms with Crippen LogP contribution in [0.25, 0.3) is 0 Å². The van der Waals surface area contributed by atoms with Gasteiger partial charge in [-0.05, 0) is 56.1 Å². The van der Waals surface area contributed by atoms with Gasteiger partial charge >= 0.3 is 0 Å². The van der Waals surface area contributed by atoms with Crippen LogP contribution in [0.15, 0.2) is 18.2 Å². The van der Waals surface area contributed by atoms with Crippen molar-refractivity contribution in [2.45, 2.75) is 33.2 Å². The zero-order valence-electron chi connectivity index (χ0n) is 11.6. The van der Waals surface area contributed by atoms with Crippen LogP contribution in [0, 0.1) is 18.2 Å². The maximum atomic E-state index is 13.1. The summed E-state index contributed by atoms with van der Waals surface area (Å²) in [6, 6.07) is 5.01. The lowest BCUT2D eigenvalue weighted by Gasteiger charge is -2.38. The molecular weight excluding hydrogens is 259 g/mol. The molecule has 1 aliphatic heterocycles. The van der Waals surface area contributed by atoms with Gasteiger partial charge in [0.1, 0.15) is 5.82 Å². The highest BCUT2D eigenvalue weighted by Gasteiger charge is 2.32. The van der Waals surface area contributed by atoms with E-state index in [1.807, 2.05) is 13.0 Å². The van der Waals surface area contributed by atoms with Crippen molar-refractivity contribution in [3.63, 3.8) is 0 Å². The number of rotatable bonds is 3. The maximum Gasteiger partial charge on any atom is 0.123 e. The number of thiocarbonyl (C=S) groups is 1. The van der Waals surface area contributed by atoms with Crippen LogP contribution in [0.3, 0.4) is 0 Å². The van der Waals surface area contributed by atoms with Crippen molar-refractivity contribution in [2.75, 3.05) is 13.1 Å². The normalized spacial score (nSPS) is 19.3. The Labute approximate surface area is 119 Å². The smallest absolute Gasteiger partial charge is 0.123 e. The summed E-state index contributed by atoms with van der Waals surface area (Å²) in [6.07, 6.45) is 2.01. The Bertz CT molecular complexity index is 479. The number of nitrogens with two attached hydrogens (primary N) is 1. The standard InChI is InChI=1S/C15H21FN2S/c1-11-9-13(16)4-3-12(11)10-18-7-5-15(2,6-8-18)14(17)19/h3-4,9H,5-8,10H2,1-2H3,(H2,17,19). The SMILES string of the molecule is Cc1cc(F)ccc1CN1CCC(C)(C(N)=S)CC1. The second-order valence-corrected chi connectivity index (χ2v) is 6.21. The fourth-order valence-electron chi connectivity index (χ4n) is 2.53. The van der Waals surface area contributed by atoms with Gasteiger partial charge in [0.2, 0.25) is 0 Å². The van der Waals surface area contributed by atoms with Crippen molar-refractivity contribution in [1.29, 1.82) is 0 Å². The van der Waals surface area contributed by atoms with Gasteiger partial charge in [0.15, 0.2) is 0 Å². The molecule has 2 N–H and O–H groups in total. The van der Waals surface area contributed by atoms with E-state index in [2.05, 4.69) is 11.8 Å². The average Bonchev–Trinajstić information content (AvgIpc) is 2.35. The summed E-state index contributed by atoms with van der Waals surface area (Å²) < 4.78 is 13.1. The summed E-state index contributed by atoms with van der Waals surface area (Å²) in [7, 11) is 0. The summed E-state index contributed by atoms with van der Waals surface area (Å²) in [6.45, 7) is 6.96. The molecule has 0 aromatic heterocycles. The third-order valence-electron chi connectivity index (χ3n) is 4.25. The highest BCUT2D eigenvalue weighted by Crippen LogP contribution is 2.31. The van der Waals surface area contributed by atoms with Crippen LogP contribution >= 0.6 is 12.2 Å². The molecular formula is C15H21FN2S. The molecule has 19 heavy (non-hydrogen) atoms. The van der Waals surface area contributed by atoms with Gasteiger partial charge in [0.05, 0.1) is 4.99 Å². The zero-order valence-corrected chi connectivity index (χ0v) is 12.4. The predicted octanol–water partition coefficient (Wildman–Crippen LogP) is 3.02. The van der Waals surface area contributed by atoms with Crippen LogP contribution in [-0.4, -0.2) is 23.0 Å². The molecule has 1 heterocycles. The Hall–Kier alpha value is -1.00. The lowest BCUT2D eigenvalue weighted by molar-refractivity contribution is 0.157. The lowest BCUT2D eigenvalue weighted by atomic mass is 9.80. The third kappa shape index (κ3) is 3.31. The molecule has 1 fully saturated rings. The van der Waals surface area contributed by atoms with E-state index in [0.29, 0.717) is 4.99 Å². The Morgan fingerprint density at radius 3 is 2.58 bits per heavy atom. The van der Waals surface area contributed by atoms with Crippen LogP contribution < -0.4 is 5.73 Å². The van der Waals surface area contributed by atoms with E-state index in [-0.39, 0.29) is 11.2 Å². The van der Waals surface area contributed by atoms with Crippen LogP contribution in [0.5, 0.6) is 0 Å². The number of benzene rings is 1. The van der Waals surface area contributed by atoms with Gasteiger partial charge in [-0.25, -0.2) is 4.39 Å². The summed E-state index contributed by atoms with van der Waals surface area (Å²) >= 11 is 5.15. The van der Waals surface area contributed by atoms with Crippen molar-refractivity contribution in [3.05, 3.63) is 35.1 Å². The van der Waals surface area contributed by atoms with Crippen molar-refractivity contribution >= 4 is 17.2 Å². The molecule has 104 valence electrons. The molecule has 1 aromatic rings. The van der Waals surface area contributed by atoms with E-state index in [1.165, 1.54) is 11.6 Å². The molecule has 0 spiro atoms. The van der Waals surface area contributed by atoms with Gasteiger partial charge in [-0.3, -0.25) is 4.90 Å². The first-order chi connectivity index (χ1) is 8.90. The van der Waals surface area contributed by atoms with Gasteiger partial charge < -0.3 is 5.73 Å². The molecule has 0 bridgehead atoms. The monoisotopic (exact) mass is 280 g/mol. The molecule has 2 nitrogen and oxygen atoms in total. The summed E-state index contributed by atoms with van der Waals surface area (Å²) in [4.78, 5) is 3.02. The molecule has 1 aliphatic rings. The van der Waals surface area contributed by atoms with Crippen molar-refractivity contribution in [3.8, 4) is 0 Å². The molecule has 0 atom stereocenters. The molecule has 0 aliphatic carbocycles. The fourth-order valence-corrected chi connectivity index (χ4v) is 2.73. The van der Waals surface area contributed by atoms with Crippen LogP contribution in [0.1, 0.15) is 30.9 Å². The topological polar surface area (TPSA) is 29.3 Å². The number of nitrogens with zero attached hydrogens (tertiary/aromatic N) is 1. The molecule has 0 radical (unpaired) electrons. The number of hydrogen-bond acceptors (Lipinski definition) is 2. The van der Waals surface area contributed by atoms with Gasteiger partial charge in [0.25, 0.3) is 0 Å². The summed E-state index contributed by atoms with van der Waals surface area (Å²) in [5, 5.41) is 0. The van der Waals surface area contributed by atoms with E-state index in [0.717, 1.165) is 38.0 Å². The Morgan fingerprint density at radius 2 is 2.05 bits per heavy atom. The molecule has 4 heteroatoms. The minimum atomic E-state index is -0.166. The van der Waals surface area contributed by atoms with Gasteiger partial charge in [0, 0.05) is 12.0 Å². The van der Waals surface area contributed by atoms with E-state index in [1.54, 1.807) is 6.07 Å². The first-order valence-electron chi connectivity index (χ1n) is 6.68. The van der Waals surface area contributed by atoms with Gasteiger partial charge in [-0.2, -0.15) is 0 Å². The summed E-state index contributed by atoms with van der Waals surface area (Å²) in [5.41, 5.74) is 8.03. The quantitative estimate of drug-likeness (QED) is 0.863. The third-order valence-corrected chi connectivity index (χ3v) is 4.75. The number of hydrogen-bond donors (Lipinski definition) is 1. The van der Waals surface area contributed by atoms with Crippen LogP contribution in [0.4, 0.5) is 4.39 Å². The Kier molecular flexibility index (Phi) is 4.21. The molecule has 0 unspecified atom stereocenters. The second kappa shape index (κ2) is 5.55. The average molecular weight is 280 g/mol. The minimum Gasteiger partial charge on any atom is -0.393 e. The van der Waals surface area contributed by atoms with E-state index < -0.39 is 0 Å². The lowest BCUT2D eigenvalue weighted by Crippen LogP contribution is -2.44. The number of piperidine rings is 1. The van der Waals surface area contributed by atoms with E-state index in [9.17, 15) is 4.39 Å². The van der Waals surface area contributed by atoms with Crippen molar-refractivity contribution < 1.29 is 4.39 Å². The number of halogens is 1. The van der Waals surface area contributed by atoms with Gasteiger partial charge in [-0.1, -0.05) is 25.2 Å². The van der Waals surface area contributed by atoms with E-state index >= 15 is 0 Å². The van der Waals surface area contributed by atoms with Crippen LogP contribution in [0.2, 0.25) is 0 Å². The molecule has 0 saturated carbocycles. The summed E-state index contributed by atoms with van der Waals surface area (Å²) in [5.74, 6) is -0.166. The second-order valence-electron chi connectivity index (χ2n) is 5.77. The first kappa shape index (κ1) is 14.4. The van der Waals surface area contributed by atoms with Crippen LogP contribution in [-0.2, 0) is 6.54 Å². The first-order valence-corrected chi connectivity index (χ1v) is 7.09. The molecule has 1 saturated heterocycles. The Balaban J connectivity index is 1.98. The van der Waals surface area contributed by atoms with Crippen molar-refractivity contribution in [2.24, 2.45) is 11.1 Å². The largest absolute Gasteiger partial charge is 0.393 e. The molecule has 1 aromatic carbocycles.